The van der Waals surface area contributed by atoms with Crippen LogP contribution in [0.4, 0.5) is 4.39 Å². The Morgan fingerprint density at radius 3 is 2.82 bits per heavy atom. The Morgan fingerprint density at radius 1 is 1.29 bits per heavy atom. The Bertz CT molecular complexity index is 534. The zero-order chi connectivity index (χ0) is 12.1. The number of benzene rings is 1. The van der Waals surface area contributed by atoms with Crippen LogP contribution in [-0.4, -0.2) is 17.1 Å². The molecule has 0 bridgehead atoms. The van der Waals surface area contributed by atoms with E-state index in [4.69, 9.17) is 0 Å². The molecule has 0 fully saturated rings. The number of aromatic amines is 1. The Morgan fingerprint density at radius 2 is 2.12 bits per heavy atom. The zero-order valence-corrected chi connectivity index (χ0v) is 8.85. The van der Waals surface area contributed by atoms with Crippen LogP contribution in [0.3, 0.4) is 0 Å². The van der Waals surface area contributed by atoms with Crippen LogP contribution in [0.1, 0.15) is 16.1 Å². The number of rotatable bonds is 3. The second-order valence-corrected chi connectivity index (χ2v) is 3.30. The van der Waals surface area contributed by atoms with Gasteiger partial charge in [-0.3, -0.25) is 4.79 Å². The number of carbonyl (C=O) groups excluding carboxylic acids is 1. The largest absolute Gasteiger partial charge is 0.360 e. The molecule has 0 aliphatic carbocycles. The molecule has 0 saturated carbocycles. The van der Waals surface area contributed by atoms with Crippen molar-refractivity contribution in [3.8, 4) is 0 Å². The molecule has 0 saturated heterocycles. The van der Waals surface area contributed by atoms with E-state index in [9.17, 15) is 9.18 Å². The zero-order valence-electron chi connectivity index (χ0n) is 8.85. The molecule has 2 N–H and O–H groups in total. The Balaban J connectivity index is 2.01. The van der Waals surface area contributed by atoms with Gasteiger partial charge in [0, 0.05) is 6.20 Å². The number of aromatic nitrogens is 1. The third-order valence-corrected chi connectivity index (χ3v) is 2.11. The van der Waals surface area contributed by atoms with Crippen molar-refractivity contribution in [3.05, 3.63) is 59.7 Å². The summed E-state index contributed by atoms with van der Waals surface area (Å²) in [6.07, 6.45) is 3.18. The van der Waals surface area contributed by atoms with Gasteiger partial charge in [0.25, 0.3) is 5.91 Å². The maximum atomic E-state index is 13.2. The molecule has 5 heteroatoms. The van der Waals surface area contributed by atoms with Gasteiger partial charge in [-0.25, -0.2) is 9.82 Å². The van der Waals surface area contributed by atoms with Gasteiger partial charge in [0.15, 0.2) is 0 Å². The molecule has 86 valence electrons. The van der Waals surface area contributed by atoms with Crippen LogP contribution in [0.2, 0.25) is 0 Å². The first-order valence-electron chi connectivity index (χ1n) is 4.98. The number of halogens is 1. The molecule has 0 unspecified atom stereocenters. The number of hydrazone groups is 1. The highest BCUT2D eigenvalue weighted by Crippen LogP contribution is 2.05. The van der Waals surface area contributed by atoms with Crippen molar-refractivity contribution >= 4 is 12.1 Å². The smallest absolute Gasteiger partial charge is 0.274 e. The highest BCUT2D eigenvalue weighted by atomic mass is 19.1. The number of hydrogen-bond acceptors (Lipinski definition) is 2. The molecule has 4 nitrogen and oxygen atoms in total. The number of nitrogens with one attached hydrogen (secondary N) is 2. The van der Waals surface area contributed by atoms with Crippen molar-refractivity contribution in [2.75, 3.05) is 0 Å². The lowest BCUT2D eigenvalue weighted by Gasteiger charge is -2.00. The predicted molar refractivity (Wildman–Crippen MR) is 62.3 cm³/mol. The Hall–Kier alpha value is -2.43. The first kappa shape index (κ1) is 11.1. The summed E-state index contributed by atoms with van der Waals surface area (Å²) in [5, 5.41) is 3.71. The summed E-state index contributed by atoms with van der Waals surface area (Å²) in [4.78, 5) is 14.4. The third-order valence-electron chi connectivity index (χ3n) is 2.11. The molecule has 0 spiro atoms. The fraction of sp³-hybridized carbons (Fsp3) is 0. The van der Waals surface area contributed by atoms with Gasteiger partial charge in [-0.1, -0.05) is 12.1 Å². The lowest BCUT2D eigenvalue weighted by atomic mass is 10.2. The minimum atomic E-state index is -0.578. The van der Waals surface area contributed by atoms with Crippen molar-refractivity contribution in [3.63, 3.8) is 0 Å². The lowest BCUT2D eigenvalue weighted by Crippen LogP contribution is -2.18. The van der Waals surface area contributed by atoms with E-state index in [1.807, 2.05) is 0 Å². The first-order chi connectivity index (χ1) is 8.27. The average molecular weight is 231 g/mol. The summed E-state index contributed by atoms with van der Waals surface area (Å²) in [5.74, 6) is -1.15. The molecule has 0 atom stereocenters. The topological polar surface area (TPSA) is 57.2 Å². The molecule has 0 aliphatic rings. The maximum Gasteiger partial charge on any atom is 0.274 e. The highest BCUT2D eigenvalue weighted by molar-refractivity contribution is 5.94. The fourth-order valence-corrected chi connectivity index (χ4v) is 1.29. The van der Waals surface area contributed by atoms with E-state index in [0.29, 0.717) is 0 Å². The molecule has 17 heavy (non-hydrogen) atoms. The third kappa shape index (κ3) is 2.78. The summed E-state index contributed by atoms with van der Waals surface area (Å²) < 4.78 is 13.2. The van der Waals surface area contributed by atoms with Crippen LogP contribution >= 0.6 is 0 Å². The van der Waals surface area contributed by atoms with Gasteiger partial charge in [0.2, 0.25) is 0 Å². The number of amides is 1. The summed E-state index contributed by atoms with van der Waals surface area (Å²) in [6, 6.07) is 9.33. The van der Waals surface area contributed by atoms with Crippen molar-refractivity contribution in [2.24, 2.45) is 5.10 Å². The van der Waals surface area contributed by atoms with Gasteiger partial charge in [0.1, 0.15) is 5.82 Å². The standard InChI is InChI=1S/C12H10FN3O/c13-11-6-2-1-5-10(11)12(17)16-15-8-9-4-3-7-14-9/h1-8,14H,(H,16,17). The SMILES string of the molecule is O=C(NN=Cc1ccc[nH]1)c1ccccc1F. The second kappa shape index (κ2) is 5.07. The predicted octanol–water partition coefficient (Wildman–Crippen LogP) is 1.92. The van der Waals surface area contributed by atoms with Gasteiger partial charge in [0.05, 0.1) is 17.5 Å². The van der Waals surface area contributed by atoms with Gasteiger partial charge in [-0.15, -0.1) is 0 Å². The van der Waals surface area contributed by atoms with E-state index in [2.05, 4.69) is 15.5 Å². The molecule has 1 aromatic carbocycles. The molecule has 0 radical (unpaired) electrons. The van der Waals surface area contributed by atoms with Crippen LogP contribution in [0.5, 0.6) is 0 Å². The fourth-order valence-electron chi connectivity index (χ4n) is 1.29. The molecule has 0 aliphatic heterocycles. The van der Waals surface area contributed by atoms with Gasteiger partial charge >= 0.3 is 0 Å². The van der Waals surface area contributed by atoms with E-state index >= 15 is 0 Å². The van der Waals surface area contributed by atoms with E-state index in [1.165, 1.54) is 24.4 Å². The summed E-state index contributed by atoms with van der Waals surface area (Å²) in [6.45, 7) is 0. The molecule has 2 aromatic rings. The van der Waals surface area contributed by atoms with Crippen LogP contribution in [0, 0.1) is 5.82 Å². The number of carbonyl (C=O) groups is 1. The van der Waals surface area contributed by atoms with Gasteiger partial charge < -0.3 is 4.98 Å². The van der Waals surface area contributed by atoms with E-state index in [-0.39, 0.29) is 5.56 Å². The van der Waals surface area contributed by atoms with Crippen molar-refractivity contribution in [2.45, 2.75) is 0 Å². The van der Waals surface area contributed by atoms with Crippen LogP contribution in [-0.2, 0) is 0 Å². The monoisotopic (exact) mass is 231 g/mol. The van der Waals surface area contributed by atoms with Gasteiger partial charge in [-0.05, 0) is 24.3 Å². The minimum absolute atomic E-state index is 0.0314. The number of nitrogens with zero attached hydrogens (tertiary/aromatic N) is 1. The van der Waals surface area contributed by atoms with Gasteiger partial charge in [-0.2, -0.15) is 5.10 Å². The summed E-state index contributed by atoms with van der Waals surface area (Å²) >= 11 is 0. The quantitative estimate of drug-likeness (QED) is 0.615. The van der Waals surface area contributed by atoms with Crippen LogP contribution in [0.15, 0.2) is 47.7 Å². The van der Waals surface area contributed by atoms with E-state index < -0.39 is 11.7 Å². The summed E-state index contributed by atoms with van der Waals surface area (Å²) in [5.41, 5.74) is 2.97. The molecular formula is C12H10FN3O. The number of hydrogen-bond donors (Lipinski definition) is 2. The normalized spacial score (nSPS) is 10.6. The van der Waals surface area contributed by atoms with Crippen LogP contribution in [0.25, 0.3) is 0 Å². The Labute approximate surface area is 97.2 Å². The van der Waals surface area contributed by atoms with Crippen molar-refractivity contribution in [1.29, 1.82) is 0 Å². The Kier molecular flexibility index (Phi) is 3.30. The van der Waals surface area contributed by atoms with E-state index in [0.717, 1.165) is 5.69 Å². The van der Waals surface area contributed by atoms with Crippen LogP contribution < -0.4 is 5.43 Å². The molecule has 1 aromatic heterocycles. The maximum absolute atomic E-state index is 13.2. The highest BCUT2D eigenvalue weighted by Gasteiger charge is 2.08. The minimum Gasteiger partial charge on any atom is -0.360 e. The average Bonchev–Trinajstić information content (AvgIpc) is 2.82. The van der Waals surface area contributed by atoms with Crippen molar-refractivity contribution < 1.29 is 9.18 Å². The van der Waals surface area contributed by atoms with E-state index in [1.54, 1.807) is 24.4 Å². The molecule has 1 heterocycles. The molecule has 2 rings (SSSR count). The van der Waals surface area contributed by atoms with Crippen molar-refractivity contribution in [1.82, 2.24) is 10.4 Å². The lowest BCUT2D eigenvalue weighted by molar-refractivity contribution is 0.0951. The first-order valence-corrected chi connectivity index (χ1v) is 4.98. The summed E-state index contributed by atoms with van der Waals surface area (Å²) in [7, 11) is 0. The molecular weight excluding hydrogens is 221 g/mol. The number of H-pyrrole nitrogens is 1. The molecule has 1 amide bonds. The second-order valence-electron chi connectivity index (χ2n) is 3.30.